The van der Waals surface area contributed by atoms with E-state index in [4.69, 9.17) is 9.05 Å². The van der Waals surface area contributed by atoms with Crippen LogP contribution in [0.1, 0.15) is 33.6 Å². The second-order valence-corrected chi connectivity index (χ2v) is 9.41. The Labute approximate surface area is 117 Å². The summed E-state index contributed by atoms with van der Waals surface area (Å²) < 4.78 is 12.7. The van der Waals surface area contributed by atoms with E-state index in [1.165, 1.54) is 18.1 Å². The number of rotatable bonds is 1. The molecule has 19 heavy (non-hydrogen) atoms. The van der Waals surface area contributed by atoms with Gasteiger partial charge >= 0.3 is 7.72 Å². The summed E-state index contributed by atoms with van der Waals surface area (Å²) in [5.74, 6) is 0.628. The lowest BCUT2D eigenvalue weighted by molar-refractivity contribution is 0.0388. The predicted molar refractivity (Wildman–Crippen MR) is 80.9 cm³/mol. The van der Waals surface area contributed by atoms with E-state index in [2.05, 4.69) is 51.1 Å². The molecule has 104 valence electrons. The van der Waals surface area contributed by atoms with Gasteiger partial charge in [-0.3, -0.25) is 0 Å². The highest BCUT2D eigenvalue weighted by molar-refractivity contribution is 7.75. The molecule has 0 amide bonds. The van der Waals surface area contributed by atoms with Crippen molar-refractivity contribution in [3.63, 3.8) is 0 Å². The highest BCUT2D eigenvalue weighted by Crippen LogP contribution is 2.71. The molecule has 3 aliphatic heterocycles. The SMILES string of the molecule is CC1CCC(C)(C)C2C[P+](c3ccccc3)(OC1)O2. The van der Waals surface area contributed by atoms with Gasteiger partial charge in [-0.2, -0.15) is 4.52 Å². The van der Waals surface area contributed by atoms with Gasteiger partial charge in [0.15, 0.2) is 5.30 Å². The van der Waals surface area contributed by atoms with Crippen molar-refractivity contribution in [1.29, 1.82) is 0 Å². The number of fused-ring (bicyclic) bond motifs is 5. The van der Waals surface area contributed by atoms with Crippen molar-refractivity contribution in [3.8, 4) is 0 Å². The number of benzene rings is 1. The summed E-state index contributed by atoms with van der Waals surface area (Å²) in [5, 5.41) is 1.27. The van der Waals surface area contributed by atoms with E-state index in [1.54, 1.807) is 0 Å². The lowest BCUT2D eigenvalue weighted by Gasteiger charge is -2.43. The van der Waals surface area contributed by atoms with E-state index in [0.717, 1.165) is 12.8 Å². The van der Waals surface area contributed by atoms with Gasteiger partial charge in [-0.05, 0) is 36.3 Å². The van der Waals surface area contributed by atoms with Crippen LogP contribution in [-0.4, -0.2) is 18.9 Å². The van der Waals surface area contributed by atoms with E-state index in [-0.39, 0.29) is 5.41 Å². The molecule has 3 unspecified atom stereocenters. The minimum atomic E-state index is -1.79. The van der Waals surface area contributed by atoms with Crippen molar-refractivity contribution in [2.45, 2.75) is 39.7 Å². The van der Waals surface area contributed by atoms with Gasteiger partial charge in [-0.15, -0.1) is 0 Å². The Morgan fingerprint density at radius 3 is 2.58 bits per heavy atom. The second-order valence-electron chi connectivity index (χ2n) is 6.71. The van der Waals surface area contributed by atoms with Crippen LogP contribution in [-0.2, 0) is 9.05 Å². The molecule has 3 heteroatoms. The molecular weight excluding hydrogens is 255 g/mol. The fraction of sp³-hybridized carbons (Fsp3) is 0.625. The van der Waals surface area contributed by atoms with E-state index in [9.17, 15) is 0 Å². The molecule has 1 aromatic carbocycles. The molecule has 3 atom stereocenters. The summed E-state index contributed by atoms with van der Waals surface area (Å²) in [6.45, 7) is 7.82. The van der Waals surface area contributed by atoms with Crippen molar-refractivity contribution in [2.75, 3.05) is 12.8 Å². The Morgan fingerprint density at radius 2 is 1.89 bits per heavy atom. The van der Waals surface area contributed by atoms with Crippen molar-refractivity contribution < 1.29 is 9.05 Å². The Kier molecular flexibility index (Phi) is 3.45. The summed E-state index contributed by atoms with van der Waals surface area (Å²) in [6.07, 6.45) is 3.93. The van der Waals surface area contributed by atoms with Gasteiger partial charge in [0.05, 0.1) is 6.61 Å². The van der Waals surface area contributed by atoms with Crippen molar-refractivity contribution in [3.05, 3.63) is 30.3 Å². The zero-order valence-electron chi connectivity index (χ0n) is 12.1. The maximum Gasteiger partial charge on any atom is 0.310 e. The largest absolute Gasteiger partial charge is 0.310 e. The molecule has 1 aromatic rings. The quantitative estimate of drug-likeness (QED) is 0.723. The minimum absolute atomic E-state index is 0.278. The van der Waals surface area contributed by atoms with Gasteiger partial charge in [-0.1, -0.05) is 39.0 Å². The van der Waals surface area contributed by atoms with Gasteiger partial charge < -0.3 is 0 Å². The highest BCUT2D eigenvalue weighted by atomic mass is 31.2. The van der Waals surface area contributed by atoms with Gasteiger partial charge in [0.2, 0.25) is 0 Å². The Bertz CT molecular complexity index is 437. The summed E-state index contributed by atoms with van der Waals surface area (Å²) in [7, 11) is -1.79. The highest BCUT2D eigenvalue weighted by Gasteiger charge is 2.63. The standard InChI is InChI=1S/C16H24O2P/c1-13-9-10-16(2,3)15-12-19(18-15,17-11-13)14-7-5-4-6-8-14/h4-8,13,15H,9-12H2,1-3H3/q+1. The molecule has 4 rings (SSSR count). The van der Waals surface area contributed by atoms with Crippen LogP contribution in [0, 0.1) is 11.3 Å². The summed E-state index contributed by atoms with van der Waals surface area (Å²) in [5.41, 5.74) is 0.278. The molecule has 3 fully saturated rings. The first-order valence-corrected chi connectivity index (χ1v) is 9.09. The minimum Gasteiger partial charge on any atom is -0.201 e. The second kappa shape index (κ2) is 4.84. The van der Waals surface area contributed by atoms with Crippen LogP contribution in [0.3, 0.4) is 0 Å². The lowest BCUT2D eigenvalue weighted by Crippen LogP contribution is -2.47. The lowest BCUT2D eigenvalue weighted by atomic mass is 9.81. The van der Waals surface area contributed by atoms with Crippen LogP contribution >= 0.6 is 7.72 Å². The molecule has 0 N–H and O–H groups in total. The van der Waals surface area contributed by atoms with Crippen LogP contribution in [0.2, 0.25) is 0 Å². The molecule has 0 aromatic heterocycles. The molecule has 3 aliphatic rings. The van der Waals surface area contributed by atoms with Crippen molar-refractivity contribution >= 4 is 13.0 Å². The summed E-state index contributed by atoms with van der Waals surface area (Å²) in [4.78, 5) is 0. The van der Waals surface area contributed by atoms with Crippen LogP contribution in [0.5, 0.6) is 0 Å². The molecule has 0 radical (unpaired) electrons. The van der Waals surface area contributed by atoms with Gasteiger partial charge in [0.25, 0.3) is 0 Å². The molecule has 0 saturated carbocycles. The average molecular weight is 279 g/mol. The molecule has 0 spiro atoms. The first-order chi connectivity index (χ1) is 9.02. The zero-order valence-corrected chi connectivity index (χ0v) is 13.0. The average Bonchev–Trinajstić information content (AvgIpc) is 2.43. The molecule has 0 aliphatic carbocycles. The Morgan fingerprint density at radius 1 is 1.21 bits per heavy atom. The normalized spacial score (nSPS) is 37.6. The Balaban J connectivity index is 1.88. The molecule has 2 nitrogen and oxygen atoms in total. The summed E-state index contributed by atoms with van der Waals surface area (Å²) >= 11 is 0. The van der Waals surface area contributed by atoms with Gasteiger partial charge in [-0.25, -0.2) is 4.52 Å². The maximum absolute atomic E-state index is 6.39. The molecular formula is C16H24O2P+. The number of hydrogen-bond acceptors (Lipinski definition) is 2. The van der Waals surface area contributed by atoms with E-state index in [1.807, 2.05) is 0 Å². The zero-order chi connectivity index (χ0) is 13.5. The van der Waals surface area contributed by atoms with Gasteiger partial charge in [0, 0.05) is 0 Å². The fourth-order valence-corrected chi connectivity index (χ4v) is 6.27. The van der Waals surface area contributed by atoms with Crippen molar-refractivity contribution in [2.24, 2.45) is 11.3 Å². The third kappa shape index (κ3) is 2.46. The van der Waals surface area contributed by atoms with Crippen LogP contribution in [0.15, 0.2) is 30.3 Å². The first kappa shape index (κ1) is 13.5. The first-order valence-electron chi connectivity index (χ1n) is 7.28. The third-order valence-corrected chi connectivity index (χ3v) is 7.63. The maximum atomic E-state index is 6.39. The van der Waals surface area contributed by atoms with Crippen LogP contribution in [0.25, 0.3) is 0 Å². The molecule has 3 heterocycles. The smallest absolute Gasteiger partial charge is 0.201 e. The topological polar surface area (TPSA) is 18.5 Å². The van der Waals surface area contributed by atoms with E-state index < -0.39 is 7.72 Å². The monoisotopic (exact) mass is 279 g/mol. The number of hydrogen-bond donors (Lipinski definition) is 0. The van der Waals surface area contributed by atoms with Gasteiger partial charge in [0.1, 0.15) is 12.3 Å². The summed E-state index contributed by atoms with van der Waals surface area (Å²) in [6, 6.07) is 10.6. The van der Waals surface area contributed by atoms with Crippen LogP contribution in [0.4, 0.5) is 0 Å². The van der Waals surface area contributed by atoms with Crippen molar-refractivity contribution in [1.82, 2.24) is 0 Å². The fourth-order valence-electron chi connectivity index (χ4n) is 2.89. The van der Waals surface area contributed by atoms with E-state index >= 15 is 0 Å². The molecule has 2 bridgehead atoms. The van der Waals surface area contributed by atoms with E-state index in [0.29, 0.717) is 12.0 Å². The van der Waals surface area contributed by atoms with Crippen LogP contribution < -0.4 is 5.30 Å². The Hall–Kier alpha value is -0.430. The predicted octanol–water partition coefficient (Wildman–Crippen LogP) is 4.03. The molecule has 3 saturated heterocycles. The third-order valence-electron chi connectivity index (χ3n) is 4.57.